The summed E-state index contributed by atoms with van der Waals surface area (Å²) in [5.74, 6) is -0.507. The van der Waals surface area contributed by atoms with Gasteiger partial charge in [-0.05, 0) is 49.5 Å². The van der Waals surface area contributed by atoms with Crippen LogP contribution in [-0.2, 0) is 26.2 Å². The van der Waals surface area contributed by atoms with E-state index >= 15 is 0 Å². The maximum atomic E-state index is 12.5. The smallest absolute Gasteiger partial charge is 0.309 e. The molecule has 0 bridgehead atoms. The van der Waals surface area contributed by atoms with Gasteiger partial charge in [0.2, 0.25) is 10.0 Å². The first kappa shape index (κ1) is 21.3. The topological polar surface area (TPSA) is 63.7 Å². The Kier molecular flexibility index (Phi) is 6.87. The fourth-order valence-electron chi connectivity index (χ4n) is 3.38. The zero-order valence-electron chi connectivity index (χ0n) is 16.9. The van der Waals surface area contributed by atoms with E-state index in [2.05, 4.69) is 0 Å². The fourth-order valence-corrected chi connectivity index (χ4v) is 4.60. The normalized spacial score (nSPS) is 16.2. The first-order valence-electron chi connectivity index (χ1n) is 9.81. The molecule has 1 saturated heterocycles. The Morgan fingerprint density at radius 3 is 2.48 bits per heavy atom. The van der Waals surface area contributed by atoms with Crippen LogP contribution in [0.15, 0.2) is 53.9 Å². The van der Waals surface area contributed by atoms with E-state index in [1.165, 1.54) is 9.71 Å². The number of ether oxygens (including phenoxy) is 1. The van der Waals surface area contributed by atoms with E-state index < -0.39 is 10.0 Å². The van der Waals surface area contributed by atoms with Gasteiger partial charge < -0.3 is 4.74 Å². The first-order valence-corrected chi connectivity index (χ1v) is 11.3. The maximum absolute atomic E-state index is 12.5. The molecule has 0 aromatic heterocycles. The standard InChI is InChI=1S/C23H27NO4S/c1-18-8-9-19(2)22(16-18)17-28-23(25)21-10-13-24(14-11-21)29(26,27)15-12-20-6-4-3-5-7-20/h3-9,12,15-16,21H,10-11,13-14,17H2,1-2H3/b15-12+. The molecule has 3 rings (SSSR count). The minimum absolute atomic E-state index is 0.247. The molecule has 0 N–H and O–H groups in total. The van der Waals surface area contributed by atoms with Crippen molar-refractivity contribution >= 4 is 22.1 Å². The highest BCUT2D eigenvalue weighted by Gasteiger charge is 2.30. The number of benzene rings is 2. The van der Waals surface area contributed by atoms with E-state index in [-0.39, 0.29) is 18.5 Å². The molecule has 5 nitrogen and oxygen atoms in total. The Hall–Kier alpha value is -2.44. The van der Waals surface area contributed by atoms with Gasteiger partial charge in [0.25, 0.3) is 0 Å². The molecule has 0 radical (unpaired) electrons. The van der Waals surface area contributed by atoms with Crippen LogP contribution in [0.3, 0.4) is 0 Å². The van der Waals surface area contributed by atoms with Crippen LogP contribution in [0.25, 0.3) is 6.08 Å². The molecule has 0 amide bonds. The van der Waals surface area contributed by atoms with Crippen LogP contribution in [0.4, 0.5) is 0 Å². The van der Waals surface area contributed by atoms with Gasteiger partial charge in [-0.2, -0.15) is 4.31 Å². The molecule has 1 fully saturated rings. The zero-order chi connectivity index (χ0) is 20.9. The lowest BCUT2D eigenvalue weighted by atomic mass is 9.98. The number of carbonyl (C=O) groups excluding carboxylic acids is 1. The van der Waals surface area contributed by atoms with Gasteiger partial charge in [-0.3, -0.25) is 4.79 Å². The van der Waals surface area contributed by atoms with Crippen molar-refractivity contribution in [2.24, 2.45) is 5.92 Å². The third-order valence-electron chi connectivity index (χ3n) is 5.25. The van der Waals surface area contributed by atoms with Gasteiger partial charge in [0, 0.05) is 18.5 Å². The van der Waals surface area contributed by atoms with E-state index in [0.717, 1.165) is 22.3 Å². The average molecular weight is 414 g/mol. The van der Waals surface area contributed by atoms with Crippen molar-refractivity contribution in [1.82, 2.24) is 4.31 Å². The van der Waals surface area contributed by atoms with E-state index in [4.69, 9.17) is 4.74 Å². The summed E-state index contributed by atoms with van der Waals surface area (Å²) in [6.45, 7) is 4.90. The van der Waals surface area contributed by atoms with Gasteiger partial charge >= 0.3 is 5.97 Å². The third-order valence-corrected chi connectivity index (χ3v) is 6.82. The summed E-state index contributed by atoms with van der Waals surface area (Å²) in [4.78, 5) is 12.4. The summed E-state index contributed by atoms with van der Waals surface area (Å²) in [6, 6.07) is 15.4. The fraction of sp³-hybridized carbons (Fsp3) is 0.348. The minimum Gasteiger partial charge on any atom is -0.461 e. The summed E-state index contributed by atoms with van der Waals surface area (Å²) in [5.41, 5.74) is 4.06. The number of sulfonamides is 1. The second-order valence-corrected chi connectivity index (χ2v) is 9.29. The summed E-state index contributed by atoms with van der Waals surface area (Å²) >= 11 is 0. The number of rotatable bonds is 6. The molecule has 0 atom stereocenters. The van der Waals surface area contributed by atoms with Gasteiger partial charge in [-0.25, -0.2) is 8.42 Å². The molecule has 1 heterocycles. The number of nitrogens with zero attached hydrogens (tertiary/aromatic N) is 1. The van der Waals surface area contributed by atoms with Crippen LogP contribution in [0.5, 0.6) is 0 Å². The molecule has 1 aliphatic heterocycles. The van der Waals surface area contributed by atoms with Crippen LogP contribution in [0.1, 0.15) is 35.1 Å². The molecule has 2 aromatic rings. The van der Waals surface area contributed by atoms with E-state index in [1.807, 2.05) is 62.4 Å². The SMILES string of the molecule is Cc1ccc(C)c(COC(=O)C2CCN(S(=O)(=O)/C=C/c3ccccc3)CC2)c1. The van der Waals surface area contributed by atoms with E-state index in [1.54, 1.807) is 6.08 Å². The highest BCUT2D eigenvalue weighted by Crippen LogP contribution is 2.23. The largest absolute Gasteiger partial charge is 0.461 e. The average Bonchev–Trinajstić information content (AvgIpc) is 2.73. The molecule has 0 aliphatic carbocycles. The summed E-state index contributed by atoms with van der Waals surface area (Å²) in [7, 11) is -3.50. The Balaban J connectivity index is 1.52. The number of piperidine rings is 1. The Morgan fingerprint density at radius 2 is 1.79 bits per heavy atom. The third kappa shape index (κ3) is 5.78. The summed E-state index contributed by atoms with van der Waals surface area (Å²) in [5, 5.41) is 1.24. The van der Waals surface area contributed by atoms with Crippen LogP contribution in [0, 0.1) is 19.8 Å². The highest BCUT2D eigenvalue weighted by atomic mass is 32.2. The number of esters is 1. The quantitative estimate of drug-likeness (QED) is 0.670. The molecular formula is C23H27NO4S. The predicted octanol–water partition coefficient (Wildman–Crippen LogP) is 4.06. The van der Waals surface area contributed by atoms with Gasteiger partial charge in [-0.1, -0.05) is 54.1 Å². The number of carbonyl (C=O) groups is 1. The molecule has 0 unspecified atom stereocenters. The number of hydrogen-bond donors (Lipinski definition) is 0. The van der Waals surface area contributed by atoms with Crippen molar-refractivity contribution < 1.29 is 17.9 Å². The van der Waals surface area contributed by atoms with Crippen molar-refractivity contribution in [2.45, 2.75) is 33.3 Å². The van der Waals surface area contributed by atoms with Gasteiger partial charge in [0.1, 0.15) is 6.61 Å². The van der Waals surface area contributed by atoms with Crippen molar-refractivity contribution in [3.63, 3.8) is 0 Å². The monoisotopic (exact) mass is 413 g/mol. The second kappa shape index (κ2) is 9.37. The van der Waals surface area contributed by atoms with Crippen LogP contribution in [-0.4, -0.2) is 31.8 Å². The molecular weight excluding hydrogens is 386 g/mol. The molecule has 0 saturated carbocycles. The molecule has 154 valence electrons. The molecule has 2 aromatic carbocycles. The first-order chi connectivity index (χ1) is 13.8. The Bertz CT molecular complexity index is 975. The lowest BCUT2D eigenvalue weighted by molar-refractivity contribution is -0.151. The van der Waals surface area contributed by atoms with Crippen LogP contribution < -0.4 is 0 Å². The van der Waals surface area contributed by atoms with Crippen molar-refractivity contribution in [3.8, 4) is 0 Å². The predicted molar refractivity (Wildman–Crippen MR) is 114 cm³/mol. The summed E-state index contributed by atoms with van der Waals surface area (Å²) in [6.07, 6.45) is 2.55. The molecule has 29 heavy (non-hydrogen) atoms. The molecule has 0 spiro atoms. The van der Waals surface area contributed by atoms with E-state index in [0.29, 0.717) is 25.9 Å². The maximum Gasteiger partial charge on any atom is 0.309 e. The Labute approximate surface area is 173 Å². The van der Waals surface area contributed by atoms with Crippen LogP contribution in [0.2, 0.25) is 0 Å². The van der Waals surface area contributed by atoms with Crippen molar-refractivity contribution in [2.75, 3.05) is 13.1 Å². The van der Waals surface area contributed by atoms with Gasteiger partial charge in [0.15, 0.2) is 0 Å². The van der Waals surface area contributed by atoms with Crippen molar-refractivity contribution in [1.29, 1.82) is 0 Å². The summed E-state index contributed by atoms with van der Waals surface area (Å²) < 4.78 is 32.0. The van der Waals surface area contributed by atoms with Crippen molar-refractivity contribution in [3.05, 3.63) is 76.2 Å². The highest BCUT2D eigenvalue weighted by molar-refractivity contribution is 7.92. The van der Waals surface area contributed by atoms with Gasteiger partial charge in [0.05, 0.1) is 5.92 Å². The number of aryl methyl sites for hydroxylation is 2. The second-order valence-electron chi connectivity index (χ2n) is 7.47. The van der Waals surface area contributed by atoms with Crippen LogP contribution >= 0.6 is 0 Å². The molecule has 6 heteroatoms. The van der Waals surface area contributed by atoms with E-state index in [9.17, 15) is 13.2 Å². The molecule has 1 aliphatic rings. The lowest BCUT2D eigenvalue weighted by Gasteiger charge is -2.29. The lowest BCUT2D eigenvalue weighted by Crippen LogP contribution is -2.39. The minimum atomic E-state index is -3.50. The Morgan fingerprint density at radius 1 is 1.10 bits per heavy atom. The zero-order valence-corrected chi connectivity index (χ0v) is 17.7. The number of hydrogen-bond acceptors (Lipinski definition) is 4. The van der Waals surface area contributed by atoms with Gasteiger partial charge in [-0.15, -0.1) is 0 Å².